The molecule has 0 aliphatic rings. The van der Waals surface area contributed by atoms with Crippen LogP contribution in [0.15, 0.2) is 29.3 Å². The monoisotopic (exact) mass is 231 g/mol. The summed E-state index contributed by atoms with van der Waals surface area (Å²) in [7, 11) is 0. The molecule has 2 rings (SSSR count). The Hall–Kier alpha value is -1.55. The highest BCUT2D eigenvalue weighted by Gasteiger charge is 2.06. The first kappa shape index (κ1) is 11.0. The number of nitrogens with one attached hydrogen (secondary N) is 1. The first-order valence-electron chi connectivity index (χ1n) is 4.83. The van der Waals surface area contributed by atoms with E-state index in [-0.39, 0.29) is 5.91 Å². The average Bonchev–Trinajstić information content (AvgIpc) is 2.28. The largest absolute Gasteiger partial charge is 0.324 e. The SMILES string of the molecule is CSc1[c]c2cccnc2c(NC(C)=O)c1. The van der Waals surface area contributed by atoms with Crippen LogP contribution < -0.4 is 5.32 Å². The number of aromatic nitrogens is 1. The topological polar surface area (TPSA) is 42.0 Å². The highest BCUT2D eigenvalue weighted by molar-refractivity contribution is 7.98. The minimum absolute atomic E-state index is 0.0924. The van der Waals surface area contributed by atoms with E-state index in [1.165, 1.54) is 6.92 Å². The van der Waals surface area contributed by atoms with Gasteiger partial charge in [-0.15, -0.1) is 11.8 Å². The van der Waals surface area contributed by atoms with Gasteiger partial charge in [-0.1, -0.05) is 6.07 Å². The molecule has 1 N–H and O–H groups in total. The zero-order chi connectivity index (χ0) is 11.5. The molecule has 4 heteroatoms. The highest BCUT2D eigenvalue weighted by Crippen LogP contribution is 2.27. The Morgan fingerprint density at radius 2 is 2.38 bits per heavy atom. The molecule has 0 atom stereocenters. The van der Waals surface area contributed by atoms with E-state index in [4.69, 9.17) is 0 Å². The van der Waals surface area contributed by atoms with E-state index < -0.39 is 0 Å². The zero-order valence-electron chi connectivity index (χ0n) is 9.07. The summed E-state index contributed by atoms with van der Waals surface area (Å²) in [5, 5.41) is 3.70. The second kappa shape index (κ2) is 4.53. The third-order valence-electron chi connectivity index (χ3n) is 2.13. The van der Waals surface area contributed by atoms with E-state index >= 15 is 0 Å². The van der Waals surface area contributed by atoms with Crippen molar-refractivity contribution >= 4 is 34.3 Å². The molecule has 1 aromatic heterocycles. The second-order valence-corrected chi connectivity index (χ2v) is 4.18. The van der Waals surface area contributed by atoms with Gasteiger partial charge in [0.05, 0.1) is 11.2 Å². The van der Waals surface area contributed by atoms with Gasteiger partial charge in [0.1, 0.15) is 0 Å². The minimum atomic E-state index is -0.0924. The Labute approximate surface area is 98.3 Å². The number of carbonyl (C=O) groups is 1. The van der Waals surface area contributed by atoms with Crippen molar-refractivity contribution < 1.29 is 4.79 Å². The molecule has 0 unspecified atom stereocenters. The van der Waals surface area contributed by atoms with Crippen molar-refractivity contribution in [1.29, 1.82) is 0 Å². The lowest BCUT2D eigenvalue weighted by Crippen LogP contribution is -2.06. The molecule has 81 valence electrons. The molecule has 2 aromatic rings. The van der Waals surface area contributed by atoms with E-state index in [1.54, 1.807) is 18.0 Å². The van der Waals surface area contributed by atoms with E-state index in [0.717, 1.165) is 21.5 Å². The van der Waals surface area contributed by atoms with Gasteiger partial charge in [0.2, 0.25) is 5.91 Å². The quantitative estimate of drug-likeness (QED) is 0.808. The predicted molar refractivity (Wildman–Crippen MR) is 66.7 cm³/mol. The third-order valence-corrected chi connectivity index (χ3v) is 2.79. The molecule has 3 nitrogen and oxygen atoms in total. The summed E-state index contributed by atoms with van der Waals surface area (Å²) in [5.74, 6) is -0.0924. The van der Waals surface area contributed by atoms with Gasteiger partial charge in [0.15, 0.2) is 0 Å². The van der Waals surface area contributed by atoms with Gasteiger partial charge in [-0.3, -0.25) is 9.78 Å². The fourth-order valence-corrected chi connectivity index (χ4v) is 1.93. The molecular formula is C12H11N2OS. The predicted octanol–water partition coefficient (Wildman–Crippen LogP) is 2.72. The number of carbonyl (C=O) groups excluding carboxylic acids is 1. The summed E-state index contributed by atoms with van der Waals surface area (Å²) in [5.41, 5.74) is 1.52. The third kappa shape index (κ3) is 2.17. The number of amides is 1. The highest BCUT2D eigenvalue weighted by atomic mass is 32.2. The van der Waals surface area contributed by atoms with Gasteiger partial charge in [0, 0.05) is 29.5 Å². The van der Waals surface area contributed by atoms with Crippen LogP contribution in [0.1, 0.15) is 6.92 Å². The van der Waals surface area contributed by atoms with Crippen LogP contribution in [0.4, 0.5) is 5.69 Å². The number of hydrogen-bond acceptors (Lipinski definition) is 3. The van der Waals surface area contributed by atoms with Crippen LogP contribution in [0.3, 0.4) is 0 Å². The summed E-state index contributed by atoms with van der Waals surface area (Å²) < 4.78 is 0. The number of anilines is 1. The molecule has 16 heavy (non-hydrogen) atoms. The van der Waals surface area contributed by atoms with Gasteiger partial charge < -0.3 is 5.32 Å². The number of hydrogen-bond donors (Lipinski definition) is 1. The van der Waals surface area contributed by atoms with Crippen LogP contribution >= 0.6 is 11.8 Å². The zero-order valence-corrected chi connectivity index (χ0v) is 9.89. The molecule has 0 saturated carbocycles. The van der Waals surface area contributed by atoms with Crippen molar-refractivity contribution in [1.82, 2.24) is 4.98 Å². The molecular weight excluding hydrogens is 220 g/mol. The first-order valence-corrected chi connectivity index (χ1v) is 6.06. The molecule has 1 aromatic carbocycles. The van der Waals surface area contributed by atoms with Gasteiger partial charge in [-0.2, -0.15) is 0 Å². The van der Waals surface area contributed by atoms with Gasteiger partial charge in [0.25, 0.3) is 0 Å². The number of pyridine rings is 1. The van der Waals surface area contributed by atoms with Crippen LogP contribution in [0.25, 0.3) is 10.9 Å². The maximum atomic E-state index is 11.1. The maximum absolute atomic E-state index is 11.1. The summed E-state index contributed by atoms with van der Waals surface area (Å²) in [6, 6.07) is 8.93. The summed E-state index contributed by atoms with van der Waals surface area (Å²) in [6.07, 6.45) is 3.69. The number of thioether (sulfide) groups is 1. The molecule has 1 radical (unpaired) electrons. The Kier molecular flexibility index (Phi) is 3.10. The fourth-order valence-electron chi connectivity index (χ4n) is 1.48. The van der Waals surface area contributed by atoms with Gasteiger partial charge in [-0.05, 0) is 18.4 Å². The number of nitrogens with zero attached hydrogens (tertiary/aromatic N) is 1. The second-order valence-electron chi connectivity index (χ2n) is 3.33. The number of fused-ring (bicyclic) bond motifs is 1. The standard InChI is InChI=1S/C12H11N2OS/c1-8(15)14-11-7-10(16-2)6-9-4-3-5-13-12(9)11/h3-5,7H,1-2H3,(H,14,15). The molecule has 1 amide bonds. The normalized spacial score (nSPS) is 10.4. The van der Waals surface area contributed by atoms with E-state index in [1.807, 2.05) is 24.5 Å². The summed E-state index contributed by atoms with van der Waals surface area (Å²) in [6.45, 7) is 1.49. The molecule has 1 heterocycles. The van der Waals surface area contributed by atoms with Crippen LogP contribution in [0.5, 0.6) is 0 Å². The summed E-state index contributed by atoms with van der Waals surface area (Å²) in [4.78, 5) is 16.3. The summed E-state index contributed by atoms with van der Waals surface area (Å²) >= 11 is 1.59. The van der Waals surface area contributed by atoms with E-state index in [9.17, 15) is 4.79 Å². The van der Waals surface area contributed by atoms with Crippen LogP contribution in [-0.4, -0.2) is 17.1 Å². The Morgan fingerprint density at radius 3 is 3.06 bits per heavy atom. The van der Waals surface area contributed by atoms with Gasteiger partial charge in [-0.25, -0.2) is 0 Å². The smallest absolute Gasteiger partial charge is 0.221 e. The van der Waals surface area contributed by atoms with Crippen molar-refractivity contribution in [3.8, 4) is 0 Å². The number of benzene rings is 1. The lowest BCUT2D eigenvalue weighted by Gasteiger charge is -2.07. The fraction of sp³-hybridized carbons (Fsp3) is 0.167. The van der Waals surface area contributed by atoms with Gasteiger partial charge >= 0.3 is 0 Å². The van der Waals surface area contributed by atoms with Crippen LogP contribution in [0.2, 0.25) is 0 Å². The van der Waals surface area contributed by atoms with Crippen LogP contribution in [0, 0.1) is 6.07 Å². The minimum Gasteiger partial charge on any atom is -0.324 e. The molecule has 0 fully saturated rings. The van der Waals surface area contributed by atoms with Crippen molar-refractivity contribution in [3.05, 3.63) is 30.5 Å². The van der Waals surface area contributed by atoms with E-state index in [0.29, 0.717) is 0 Å². The van der Waals surface area contributed by atoms with Crippen molar-refractivity contribution in [2.75, 3.05) is 11.6 Å². The van der Waals surface area contributed by atoms with E-state index in [2.05, 4.69) is 16.4 Å². The first-order chi connectivity index (χ1) is 7.70. The Morgan fingerprint density at radius 1 is 1.56 bits per heavy atom. The van der Waals surface area contributed by atoms with Crippen molar-refractivity contribution in [3.63, 3.8) is 0 Å². The molecule has 0 saturated heterocycles. The van der Waals surface area contributed by atoms with Crippen molar-refractivity contribution in [2.45, 2.75) is 11.8 Å². The lowest BCUT2D eigenvalue weighted by atomic mass is 10.2. The molecule has 0 aliphatic heterocycles. The van der Waals surface area contributed by atoms with Crippen LogP contribution in [-0.2, 0) is 4.79 Å². The average molecular weight is 231 g/mol. The lowest BCUT2D eigenvalue weighted by molar-refractivity contribution is -0.114. The number of rotatable bonds is 2. The molecule has 0 bridgehead atoms. The Bertz CT molecular complexity index is 540. The molecule has 0 spiro atoms. The maximum Gasteiger partial charge on any atom is 0.221 e. The molecule has 0 aliphatic carbocycles. The Balaban J connectivity index is 2.63. The van der Waals surface area contributed by atoms with Crippen molar-refractivity contribution in [2.24, 2.45) is 0 Å².